The highest BCUT2D eigenvalue weighted by Gasteiger charge is 2.16. The van der Waals surface area contributed by atoms with Crippen LogP contribution in [0.1, 0.15) is 104 Å². The van der Waals surface area contributed by atoms with E-state index in [1.807, 2.05) is 6.08 Å². The Kier molecular flexibility index (Phi) is 13.9. The first-order valence-electron chi connectivity index (χ1n) is 12.4. The monoisotopic (exact) mass is 427 g/mol. The largest absolute Gasteiger partial charge is 0.366 e. The minimum Gasteiger partial charge on any atom is -0.366 e. The molecule has 0 radical (unpaired) electrons. The van der Waals surface area contributed by atoms with E-state index in [4.69, 9.17) is 5.73 Å². The number of hydrogen-bond donors (Lipinski definition) is 1. The maximum atomic E-state index is 12.6. The van der Waals surface area contributed by atoms with E-state index in [1.165, 1.54) is 49.7 Å². The highest BCUT2D eigenvalue weighted by molar-refractivity contribution is 5.95. The van der Waals surface area contributed by atoms with Crippen LogP contribution in [-0.4, -0.2) is 11.7 Å². The maximum Gasteiger partial charge on any atom is 0.248 e. The number of ketones is 1. The van der Waals surface area contributed by atoms with Crippen LogP contribution in [0.5, 0.6) is 0 Å². The van der Waals surface area contributed by atoms with Gasteiger partial charge in [-0.15, -0.1) is 0 Å². The van der Waals surface area contributed by atoms with E-state index in [9.17, 15) is 9.59 Å². The van der Waals surface area contributed by atoms with Crippen molar-refractivity contribution >= 4 is 11.7 Å². The van der Waals surface area contributed by atoms with E-state index in [1.54, 1.807) is 18.2 Å². The number of carbonyl (C=O) groups excluding carboxylic acids is 2. The summed E-state index contributed by atoms with van der Waals surface area (Å²) >= 11 is 0. The zero-order valence-corrected chi connectivity index (χ0v) is 20.3. The molecule has 0 saturated heterocycles. The Morgan fingerprint density at radius 2 is 1.81 bits per heavy atom. The minimum absolute atomic E-state index is 0.110. The van der Waals surface area contributed by atoms with Gasteiger partial charge in [0.1, 0.15) is 5.78 Å². The maximum absolute atomic E-state index is 12.6. The number of carbonyl (C=O) groups is 2. The van der Waals surface area contributed by atoms with Gasteiger partial charge in [-0.05, 0) is 62.7 Å². The highest BCUT2D eigenvalue weighted by Crippen LogP contribution is 2.28. The molecule has 1 rings (SSSR count). The van der Waals surface area contributed by atoms with Gasteiger partial charge in [-0.1, -0.05) is 83.1 Å². The molecule has 1 unspecified atom stereocenters. The van der Waals surface area contributed by atoms with Gasteiger partial charge in [-0.3, -0.25) is 9.59 Å². The smallest absolute Gasteiger partial charge is 0.248 e. The molecule has 0 aromatic heterocycles. The molecule has 2 N–H and O–H groups in total. The number of amides is 1. The van der Waals surface area contributed by atoms with E-state index in [-0.39, 0.29) is 5.92 Å². The van der Waals surface area contributed by atoms with Crippen LogP contribution < -0.4 is 5.73 Å². The van der Waals surface area contributed by atoms with Crippen LogP contribution in [0.2, 0.25) is 0 Å². The first-order chi connectivity index (χ1) is 14.9. The second kappa shape index (κ2) is 15.8. The van der Waals surface area contributed by atoms with Crippen LogP contribution >= 0.6 is 0 Å². The fourth-order valence-electron chi connectivity index (χ4n) is 4.55. The normalized spacial score (nSPS) is 17.5. The van der Waals surface area contributed by atoms with Crippen LogP contribution in [0.25, 0.3) is 0 Å². The lowest BCUT2D eigenvalue weighted by Gasteiger charge is -2.21. The summed E-state index contributed by atoms with van der Waals surface area (Å²) in [7, 11) is 0. The van der Waals surface area contributed by atoms with Crippen molar-refractivity contribution in [2.75, 3.05) is 0 Å². The van der Waals surface area contributed by atoms with Crippen molar-refractivity contribution in [3.8, 4) is 0 Å². The lowest BCUT2D eigenvalue weighted by Crippen LogP contribution is -2.13. The lowest BCUT2D eigenvalue weighted by atomic mass is 9.85. The number of rotatable bonds is 15. The first kappa shape index (κ1) is 27.1. The molecule has 3 nitrogen and oxygen atoms in total. The average Bonchev–Trinajstić information content (AvgIpc) is 2.75. The van der Waals surface area contributed by atoms with Gasteiger partial charge < -0.3 is 5.73 Å². The molecule has 3 heteroatoms. The van der Waals surface area contributed by atoms with Gasteiger partial charge in [0, 0.05) is 17.9 Å². The van der Waals surface area contributed by atoms with Crippen molar-refractivity contribution < 1.29 is 9.59 Å². The summed E-state index contributed by atoms with van der Waals surface area (Å²) in [5.74, 6) is 0.946. The molecule has 31 heavy (non-hydrogen) atoms. The summed E-state index contributed by atoms with van der Waals surface area (Å²) in [6.07, 6.45) is 21.6. The molecule has 0 bridgehead atoms. The number of allylic oxidation sites excluding steroid dienone is 5. The molecule has 174 valence electrons. The summed E-state index contributed by atoms with van der Waals surface area (Å²) in [5, 5.41) is 0. The Balaban J connectivity index is 2.58. The van der Waals surface area contributed by atoms with E-state index >= 15 is 0 Å². The zero-order chi connectivity index (χ0) is 23.1. The third kappa shape index (κ3) is 11.3. The van der Waals surface area contributed by atoms with Gasteiger partial charge in [0.15, 0.2) is 0 Å². The van der Waals surface area contributed by atoms with E-state index in [2.05, 4.69) is 27.4 Å². The van der Waals surface area contributed by atoms with Crippen molar-refractivity contribution in [3.63, 3.8) is 0 Å². The first-order valence-corrected chi connectivity index (χ1v) is 12.4. The molecular weight excluding hydrogens is 382 g/mol. The summed E-state index contributed by atoms with van der Waals surface area (Å²) in [6, 6.07) is 0. The Morgan fingerprint density at radius 3 is 2.42 bits per heavy atom. The fraction of sp³-hybridized carbons (Fsp3) is 0.643. The summed E-state index contributed by atoms with van der Waals surface area (Å²) < 4.78 is 0. The van der Waals surface area contributed by atoms with Gasteiger partial charge in [0.2, 0.25) is 5.91 Å². The Bertz CT molecular complexity index is 662. The van der Waals surface area contributed by atoms with Gasteiger partial charge in [0.25, 0.3) is 0 Å². The van der Waals surface area contributed by atoms with Crippen molar-refractivity contribution in [1.82, 2.24) is 0 Å². The molecule has 1 amide bonds. The van der Waals surface area contributed by atoms with E-state index in [0.29, 0.717) is 11.4 Å². The second-order valence-corrected chi connectivity index (χ2v) is 9.27. The predicted molar refractivity (Wildman–Crippen MR) is 133 cm³/mol. The molecule has 1 aliphatic rings. The molecular formula is C28H45NO2. The predicted octanol–water partition coefficient (Wildman–Crippen LogP) is 7.38. The quantitative estimate of drug-likeness (QED) is 0.219. The van der Waals surface area contributed by atoms with Crippen LogP contribution in [-0.2, 0) is 9.59 Å². The zero-order valence-electron chi connectivity index (χ0n) is 20.3. The van der Waals surface area contributed by atoms with Crippen molar-refractivity contribution in [3.05, 3.63) is 47.6 Å². The summed E-state index contributed by atoms with van der Waals surface area (Å²) in [6.45, 7) is 10.0. The number of primary amides is 1. The van der Waals surface area contributed by atoms with Gasteiger partial charge >= 0.3 is 0 Å². The molecule has 1 atom stereocenters. The van der Waals surface area contributed by atoms with Crippen LogP contribution in [0.3, 0.4) is 0 Å². The molecule has 0 aliphatic heterocycles. The molecule has 0 aromatic rings. The average molecular weight is 428 g/mol. The van der Waals surface area contributed by atoms with Gasteiger partial charge in [0.05, 0.1) is 0 Å². The Hall–Kier alpha value is -1.90. The van der Waals surface area contributed by atoms with Gasteiger partial charge in [-0.2, -0.15) is 0 Å². The molecule has 1 fully saturated rings. The second-order valence-electron chi connectivity index (χ2n) is 9.27. The molecule has 1 aliphatic carbocycles. The SMILES string of the molecule is C=C/C=C/C(=C\C(CCCC(C)C(=O)CCCC1CCCCC1)=C(/C)CCC)C(N)=O. The number of Topliss-reactive ketones (excluding diaryl/α,β-unsaturated/α-hetero) is 1. The molecule has 0 heterocycles. The Morgan fingerprint density at radius 1 is 1.10 bits per heavy atom. The van der Waals surface area contributed by atoms with Gasteiger partial charge in [-0.25, -0.2) is 0 Å². The van der Waals surface area contributed by atoms with E-state index in [0.717, 1.165) is 50.9 Å². The Labute approximate surface area is 190 Å². The van der Waals surface area contributed by atoms with E-state index < -0.39 is 5.91 Å². The van der Waals surface area contributed by atoms with Crippen molar-refractivity contribution in [2.24, 2.45) is 17.6 Å². The van der Waals surface area contributed by atoms with Crippen LogP contribution in [0.4, 0.5) is 0 Å². The third-order valence-corrected chi connectivity index (χ3v) is 6.59. The molecule has 0 aromatic carbocycles. The summed E-state index contributed by atoms with van der Waals surface area (Å²) in [4.78, 5) is 24.4. The van der Waals surface area contributed by atoms with Crippen molar-refractivity contribution in [2.45, 2.75) is 104 Å². The van der Waals surface area contributed by atoms with Crippen LogP contribution in [0.15, 0.2) is 47.6 Å². The fourth-order valence-corrected chi connectivity index (χ4v) is 4.55. The van der Waals surface area contributed by atoms with Crippen LogP contribution in [0, 0.1) is 11.8 Å². The summed E-state index contributed by atoms with van der Waals surface area (Å²) in [5.41, 5.74) is 8.51. The molecule has 0 spiro atoms. The lowest BCUT2D eigenvalue weighted by molar-refractivity contribution is -0.122. The topological polar surface area (TPSA) is 60.2 Å². The third-order valence-electron chi connectivity index (χ3n) is 6.59. The highest BCUT2D eigenvalue weighted by atomic mass is 16.1. The molecule has 1 saturated carbocycles. The van der Waals surface area contributed by atoms with Crippen molar-refractivity contribution in [1.29, 1.82) is 0 Å². The number of nitrogens with two attached hydrogens (primary N) is 1. The minimum atomic E-state index is -0.429. The number of hydrogen-bond acceptors (Lipinski definition) is 2. The standard InChI is InChI=1S/C28H45NO2/c1-5-7-18-26(28(29)31)21-25(22(3)13-6-2)19-11-14-23(4)27(30)20-12-17-24-15-9-8-10-16-24/h5,7,18,21,23-24H,1,6,8-17,19-20H2,2-4H3,(H2,29,31)/b18-7+,25-22+,26-21+.